The predicted octanol–water partition coefficient (Wildman–Crippen LogP) is 16.1. The molecule has 4 rings (SSSR count). The Kier molecular flexibility index (Phi) is 41.7. The lowest BCUT2D eigenvalue weighted by Gasteiger charge is -2.48. The molecule has 0 aromatic heterocycles. The summed E-state index contributed by atoms with van der Waals surface area (Å²) in [6, 6.07) is 23.9. The van der Waals surface area contributed by atoms with Crippen molar-refractivity contribution < 1.29 is 58.9 Å². The van der Waals surface area contributed by atoms with E-state index in [1.54, 1.807) is 36.4 Å². The molecule has 0 aliphatic heterocycles. The van der Waals surface area contributed by atoms with Crippen LogP contribution in [-0.4, -0.2) is 141 Å². The molecule has 0 aliphatic carbocycles. The third-order valence-corrected chi connectivity index (χ3v) is 15.3. The zero-order valence-electron chi connectivity index (χ0n) is 53.9. The second-order valence-electron chi connectivity index (χ2n) is 23.0. The molecule has 0 heterocycles. The fraction of sp³-hybridized carbons (Fsp3) is 0.600. The van der Waals surface area contributed by atoms with Gasteiger partial charge in [-0.25, -0.2) is 19.2 Å². The van der Waals surface area contributed by atoms with Gasteiger partial charge < -0.3 is 39.7 Å². The number of aromatic hydroxyl groups is 4. The average molecular weight is 1190 g/mol. The number of hydrogen-bond acceptors (Lipinski definition) is 14. The number of phenolic OH excluding ortho intramolecular Hbond substituents is 4. The molecule has 0 aliphatic rings. The molecule has 0 spiro atoms. The van der Waals surface area contributed by atoms with E-state index >= 15 is 0 Å². The molecule has 0 saturated heterocycles. The smallest absolute Gasteiger partial charge is 0.338 e. The highest BCUT2D eigenvalue weighted by Crippen LogP contribution is 2.30. The molecule has 0 fully saturated rings. The number of carboxylic acids is 1. The van der Waals surface area contributed by atoms with Crippen LogP contribution in [0.1, 0.15) is 239 Å². The summed E-state index contributed by atoms with van der Waals surface area (Å²) in [7, 11) is 0. The van der Waals surface area contributed by atoms with E-state index in [4.69, 9.17) is 24.4 Å². The van der Waals surface area contributed by atoms with Crippen LogP contribution in [0.3, 0.4) is 0 Å². The summed E-state index contributed by atoms with van der Waals surface area (Å²) < 4.78 is 16.2. The van der Waals surface area contributed by atoms with Gasteiger partial charge in [-0.2, -0.15) is 0 Å². The maximum absolute atomic E-state index is 12.1. The highest BCUT2D eigenvalue weighted by molar-refractivity contribution is 5.90. The summed E-state index contributed by atoms with van der Waals surface area (Å²) in [5.74, 6) is -1.45. The number of carboxylic acid groups (broad SMARTS) is 1. The number of benzene rings is 4. The van der Waals surface area contributed by atoms with E-state index in [9.17, 15) is 34.5 Å². The quantitative estimate of drug-likeness (QED) is 0.0160. The summed E-state index contributed by atoms with van der Waals surface area (Å²) in [5.41, 5.74) is 1.69. The van der Waals surface area contributed by atoms with Gasteiger partial charge in [0.15, 0.2) is 0 Å². The van der Waals surface area contributed by atoms with Crippen molar-refractivity contribution in [3.05, 3.63) is 119 Å². The van der Waals surface area contributed by atoms with Gasteiger partial charge in [-0.05, 0) is 189 Å². The number of unbranched alkanes of at least 4 members (excludes halogenated alkanes) is 14. The lowest BCUT2D eigenvalue weighted by molar-refractivity contribution is -0.0106. The number of nitrogens with zero attached hydrogens (tertiary/aromatic N) is 3. The van der Waals surface area contributed by atoms with E-state index in [1.165, 1.54) is 176 Å². The zero-order valence-corrected chi connectivity index (χ0v) is 53.9. The SMILES string of the molecule is CCC(C)(C)N(CCOC(=O)c1ccc(O)cc1)C(C)(C)CC.CCCCCCCN(CCCCCCC)CCOC(=O)c1ccc(O)cc1.CCCCCCN(CCCCCC)CCOC(=O)c1ccc(O)cc1.O=C(O)c1ccc(O)cc1. The van der Waals surface area contributed by atoms with Gasteiger partial charge in [0.2, 0.25) is 0 Å². The highest BCUT2D eigenvalue weighted by atomic mass is 16.5. The normalized spacial score (nSPS) is 11.2. The van der Waals surface area contributed by atoms with Gasteiger partial charge in [-0.3, -0.25) is 14.7 Å². The minimum Gasteiger partial charge on any atom is -0.508 e. The summed E-state index contributed by atoms with van der Waals surface area (Å²) >= 11 is 0. The fourth-order valence-electron chi connectivity index (χ4n) is 9.29. The Bertz CT molecular complexity index is 2300. The fourth-order valence-corrected chi connectivity index (χ4v) is 9.29. The molecule has 15 heteroatoms. The van der Waals surface area contributed by atoms with Crippen molar-refractivity contribution in [3.8, 4) is 23.0 Å². The van der Waals surface area contributed by atoms with Crippen molar-refractivity contribution in [3.63, 3.8) is 0 Å². The summed E-state index contributed by atoms with van der Waals surface area (Å²) in [6.45, 7) is 30.1. The molecule has 15 nitrogen and oxygen atoms in total. The standard InChI is InChI=1S/C23H39NO3.C21H35NO3.C19H31NO3.C7H6O3/c1-3-5-7-9-11-17-24(18-12-10-8-6-4-2)19-20-27-23(26)21-13-15-22(25)16-14-21;1-3-5-7-9-15-22(16-10-8-6-4-2)17-18-25-21(24)19-11-13-20(23)14-12-19;1-7-18(3,4)20(19(5,6)8-2)13-14-23-17(22)15-9-11-16(21)12-10-15;8-6-3-1-5(2-4-6)7(9)10/h13-16,25H,3-12,17-20H2,1-2H3;11-14,23H,3-10,15-18H2,1-2H3;9-12,21H,7-8,13-14H2,1-6H3;1-4,8H,(H,9,10). The van der Waals surface area contributed by atoms with Crippen molar-refractivity contribution >= 4 is 23.9 Å². The number of esters is 3. The van der Waals surface area contributed by atoms with Gasteiger partial charge >= 0.3 is 23.9 Å². The maximum Gasteiger partial charge on any atom is 0.338 e. The van der Waals surface area contributed by atoms with E-state index in [2.05, 4.69) is 83.9 Å². The molecule has 478 valence electrons. The molecule has 0 saturated carbocycles. The third kappa shape index (κ3) is 35.8. The molecular formula is C70H111N3O12. The van der Waals surface area contributed by atoms with E-state index in [0.717, 1.165) is 52.1 Å². The van der Waals surface area contributed by atoms with Crippen LogP contribution in [0.25, 0.3) is 0 Å². The predicted molar refractivity (Wildman–Crippen MR) is 344 cm³/mol. The van der Waals surface area contributed by atoms with Crippen molar-refractivity contribution in [1.82, 2.24) is 14.7 Å². The van der Waals surface area contributed by atoms with Gasteiger partial charge in [0, 0.05) is 30.7 Å². The van der Waals surface area contributed by atoms with E-state index < -0.39 is 5.97 Å². The first-order valence-corrected chi connectivity index (χ1v) is 31.8. The zero-order chi connectivity index (χ0) is 63.3. The number of rotatable bonds is 39. The minimum atomic E-state index is -0.986. The Labute approximate surface area is 512 Å². The third-order valence-electron chi connectivity index (χ3n) is 15.3. The van der Waals surface area contributed by atoms with Crippen molar-refractivity contribution in [2.75, 3.05) is 65.6 Å². The molecule has 5 N–H and O–H groups in total. The van der Waals surface area contributed by atoms with Gasteiger partial charge in [-0.15, -0.1) is 0 Å². The first kappa shape index (κ1) is 76.9. The molecule has 4 aromatic rings. The van der Waals surface area contributed by atoms with Gasteiger partial charge in [0.25, 0.3) is 0 Å². The van der Waals surface area contributed by atoms with Crippen LogP contribution in [0.5, 0.6) is 23.0 Å². The number of carbonyl (C=O) groups is 4. The Morgan fingerprint density at radius 3 is 0.824 bits per heavy atom. The topological polar surface area (TPSA) is 207 Å². The monoisotopic (exact) mass is 1190 g/mol. The lowest BCUT2D eigenvalue weighted by Crippen LogP contribution is -2.56. The molecule has 0 unspecified atom stereocenters. The number of aromatic carboxylic acids is 1. The average Bonchev–Trinajstić information content (AvgIpc) is 3.66. The molecule has 0 bridgehead atoms. The van der Waals surface area contributed by atoms with Crippen LogP contribution in [0.15, 0.2) is 97.1 Å². The minimum absolute atomic E-state index is 0.0461. The van der Waals surface area contributed by atoms with E-state index in [0.29, 0.717) is 43.1 Å². The van der Waals surface area contributed by atoms with Gasteiger partial charge in [-0.1, -0.05) is 131 Å². The molecule has 4 aromatic carbocycles. The van der Waals surface area contributed by atoms with Crippen LogP contribution in [0.4, 0.5) is 0 Å². The number of carbonyl (C=O) groups excluding carboxylic acids is 3. The maximum atomic E-state index is 12.1. The molecule has 85 heavy (non-hydrogen) atoms. The Hall–Kier alpha value is -6.16. The van der Waals surface area contributed by atoms with Crippen LogP contribution in [-0.2, 0) is 14.2 Å². The molecule has 0 atom stereocenters. The Morgan fingerprint density at radius 2 is 0.576 bits per heavy atom. The Morgan fingerprint density at radius 1 is 0.341 bits per heavy atom. The van der Waals surface area contributed by atoms with Crippen molar-refractivity contribution in [2.24, 2.45) is 0 Å². The second kappa shape index (κ2) is 46.1. The number of hydrogen-bond donors (Lipinski definition) is 5. The second-order valence-corrected chi connectivity index (χ2v) is 23.0. The van der Waals surface area contributed by atoms with Crippen LogP contribution < -0.4 is 0 Å². The van der Waals surface area contributed by atoms with Crippen molar-refractivity contribution in [1.29, 1.82) is 0 Å². The number of ether oxygens (including phenoxy) is 3. The van der Waals surface area contributed by atoms with Crippen LogP contribution in [0.2, 0.25) is 0 Å². The highest BCUT2D eigenvalue weighted by Gasteiger charge is 2.35. The largest absolute Gasteiger partial charge is 0.508 e. The lowest BCUT2D eigenvalue weighted by atomic mass is 9.89. The summed E-state index contributed by atoms with van der Waals surface area (Å²) in [4.78, 5) is 53.7. The van der Waals surface area contributed by atoms with E-state index in [-0.39, 0.29) is 57.5 Å². The van der Waals surface area contributed by atoms with E-state index in [1.807, 2.05) is 0 Å². The van der Waals surface area contributed by atoms with Gasteiger partial charge in [0.05, 0.1) is 22.3 Å². The molecular weight excluding hydrogens is 1070 g/mol. The first-order chi connectivity index (χ1) is 40.7. The number of phenols is 4. The molecule has 0 radical (unpaired) electrons. The summed E-state index contributed by atoms with van der Waals surface area (Å²) in [5, 5.41) is 45.0. The van der Waals surface area contributed by atoms with Gasteiger partial charge in [0.1, 0.15) is 42.8 Å². The van der Waals surface area contributed by atoms with Crippen LogP contribution in [0, 0.1) is 0 Å². The van der Waals surface area contributed by atoms with Crippen molar-refractivity contribution in [2.45, 2.75) is 209 Å². The Balaban J connectivity index is 0.000000589. The van der Waals surface area contributed by atoms with Crippen LogP contribution >= 0.6 is 0 Å². The first-order valence-electron chi connectivity index (χ1n) is 31.8. The summed E-state index contributed by atoms with van der Waals surface area (Å²) in [6.07, 6.45) is 25.0. The molecule has 0 amide bonds.